The normalized spacial score (nSPS) is 12.2. The highest BCUT2D eigenvalue weighted by atomic mass is 16.7. The maximum Gasteiger partial charge on any atom is 0.231 e. The van der Waals surface area contributed by atoms with Crippen molar-refractivity contribution >= 4 is 5.91 Å². The minimum absolute atomic E-state index is 0.0548. The molecular formula is C18H19NO3. The van der Waals surface area contributed by atoms with Gasteiger partial charge in [0.2, 0.25) is 12.7 Å². The molecule has 1 aliphatic rings. The molecule has 2 aromatic carbocycles. The van der Waals surface area contributed by atoms with Crippen LogP contribution in [0.15, 0.2) is 42.5 Å². The molecule has 4 nitrogen and oxygen atoms in total. The third-order valence-electron chi connectivity index (χ3n) is 3.65. The van der Waals surface area contributed by atoms with E-state index in [4.69, 9.17) is 9.47 Å². The zero-order valence-corrected chi connectivity index (χ0v) is 12.6. The van der Waals surface area contributed by atoms with Gasteiger partial charge in [0, 0.05) is 13.0 Å². The standard InChI is InChI=1S/C18H19NO3/c1-13-3-2-4-14(9-13)6-8-18(20)19-11-15-5-7-16-17(10-15)22-12-21-16/h2-5,7,9-10H,6,8,11-12H2,1H3,(H,19,20). The van der Waals surface area contributed by atoms with Gasteiger partial charge >= 0.3 is 0 Å². The number of aryl methyl sites for hydroxylation is 2. The van der Waals surface area contributed by atoms with Crippen LogP contribution < -0.4 is 14.8 Å². The van der Waals surface area contributed by atoms with Gasteiger partial charge in [0.25, 0.3) is 0 Å². The van der Waals surface area contributed by atoms with E-state index in [1.165, 1.54) is 11.1 Å². The quantitative estimate of drug-likeness (QED) is 0.923. The van der Waals surface area contributed by atoms with Gasteiger partial charge in [0.15, 0.2) is 11.5 Å². The minimum atomic E-state index is 0.0548. The second-order valence-electron chi connectivity index (χ2n) is 5.45. The summed E-state index contributed by atoms with van der Waals surface area (Å²) in [6, 6.07) is 14.0. The van der Waals surface area contributed by atoms with E-state index in [2.05, 4.69) is 30.4 Å². The summed E-state index contributed by atoms with van der Waals surface area (Å²) in [4.78, 5) is 11.9. The Hall–Kier alpha value is -2.49. The molecule has 0 saturated heterocycles. The third-order valence-corrected chi connectivity index (χ3v) is 3.65. The lowest BCUT2D eigenvalue weighted by Crippen LogP contribution is -2.22. The maximum absolute atomic E-state index is 11.9. The van der Waals surface area contributed by atoms with Crippen LogP contribution in [-0.4, -0.2) is 12.7 Å². The molecule has 0 spiro atoms. The molecule has 0 saturated carbocycles. The van der Waals surface area contributed by atoms with E-state index < -0.39 is 0 Å². The van der Waals surface area contributed by atoms with E-state index in [9.17, 15) is 4.79 Å². The molecule has 1 N–H and O–H groups in total. The van der Waals surface area contributed by atoms with Crippen LogP contribution in [-0.2, 0) is 17.8 Å². The lowest BCUT2D eigenvalue weighted by atomic mass is 10.1. The second-order valence-corrected chi connectivity index (χ2v) is 5.45. The molecule has 22 heavy (non-hydrogen) atoms. The van der Waals surface area contributed by atoms with Gasteiger partial charge in [-0.05, 0) is 36.6 Å². The summed E-state index contributed by atoms with van der Waals surface area (Å²) in [7, 11) is 0. The van der Waals surface area contributed by atoms with E-state index in [-0.39, 0.29) is 12.7 Å². The van der Waals surface area contributed by atoms with Crippen molar-refractivity contribution in [2.45, 2.75) is 26.3 Å². The molecule has 1 aliphatic heterocycles. The second kappa shape index (κ2) is 6.52. The summed E-state index contributed by atoms with van der Waals surface area (Å²) < 4.78 is 10.6. The molecule has 4 heteroatoms. The molecular weight excluding hydrogens is 278 g/mol. The van der Waals surface area contributed by atoms with Crippen LogP contribution in [0.3, 0.4) is 0 Å². The number of rotatable bonds is 5. The molecule has 1 amide bonds. The lowest BCUT2D eigenvalue weighted by molar-refractivity contribution is -0.121. The Morgan fingerprint density at radius 3 is 2.82 bits per heavy atom. The van der Waals surface area contributed by atoms with Crippen LogP contribution in [0.5, 0.6) is 11.5 Å². The Bertz CT molecular complexity index is 682. The van der Waals surface area contributed by atoms with Gasteiger partial charge in [-0.2, -0.15) is 0 Å². The Kier molecular flexibility index (Phi) is 4.28. The summed E-state index contributed by atoms with van der Waals surface area (Å²) in [5.41, 5.74) is 3.42. The van der Waals surface area contributed by atoms with Crippen LogP contribution in [0, 0.1) is 6.92 Å². The maximum atomic E-state index is 11.9. The van der Waals surface area contributed by atoms with E-state index in [1.54, 1.807) is 0 Å². The highest BCUT2D eigenvalue weighted by molar-refractivity contribution is 5.76. The topological polar surface area (TPSA) is 47.6 Å². The fourth-order valence-electron chi connectivity index (χ4n) is 2.47. The van der Waals surface area contributed by atoms with Crippen LogP contribution in [0.1, 0.15) is 23.1 Å². The first-order chi connectivity index (χ1) is 10.7. The average Bonchev–Trinajstić information content (AvgIpc) is 2.98. The van der Waals surface area contributed by atoms with E-state index in [0.29, 0.717) is 13.0 Å². The number of amides is 1. The number of hydrogen-bond acceptors (Lipinski definition) is 3. The lowest BCUT2D eigenvalue weighted by Gasteiger charge is -2.07. The van der Waals surface area contributed by atoms with E-state index >= 15 is 0 Å². The summed E-state index contributed by atoms with van der Waals surface area (Å²) >= 11 is 0. The monoisotopic (exact) mass is 297 g/mol. The summed E-state index contributed by atoms with van der Waals surface area (Å²) in [5.74, 6) is 1.56. The van der Waals surface area contributed by atoms with Crippen molar-refractivity contribution < 1.29 is 14.3 Å². The smallest absolute Gasteiger partial charge is 0.231 e. The molecule has 0 atom stereocenters. The van der Waals surface area contributed by atoms with Crippen LogP contribution in [0.25, 0.3) is 0 Å². The van der Waals surface area contributed by atoms with Crippen molar-refractivity contribution in [1.29, 1.82) is 0 Å². The summed E-state index contributed by atoms with van der Waals surface area (Å²) in [6.45, 7) is 2.83. The van der Waals surface area contributed by atoms with Gasteiger partial charge < -0.3 is 14.8 Å². The fourth-order valence-corrected chi connectivity index (χ4v) is 2.47. The number of fused-ring (bicyclic) bond motifs is 1. The summed E-state index contributed by atoms with van der Waals surface area (Å²) in [6.07, 6.45) is 1.25. The van der Waals surface area contributed by atoms with Crippen molar-refractivity contribution in [1.82, 2.24) is 5.32 Å². The molecule has 0 bridgehead atoms. The first-order valence-electron chi connectivity index (χ1n) is 7.41. The number of carbonyl (C=O) groups is 1. The average molecular weight is 297 g/mol. The van der Waals surface area contributed by atoms with Crippen molar-refractivity contribution in [2.75, 3.05) is 6.79 Å². The van der Waals surface area contributed by atoms with Crippen LogP contribution in [0.4, 0.5) is 0 Å². The fraction of sp³-hybridized carbons (Fsp3) is 0.278. The van der Waals surface area contributed by atoms with Gasteiger partial charge in [-0.25, -0.2) is 0 Å². The van der Waals surface area contributed by atoms with Gasteiger partial charge in [0.05, 0.1) is 0 Å². The molecule has 114 valence electrons. The largest absolute Gasteiger partial charge is 0.454 e. The zero-order chi connectivity index (χ0) is 15.4. The van der Waals surface area contributed by atoms with Gasteiger partial charge in [-0.15, -0.1) is 0 Å². The van der Waals surface area contributed by atoms with Crippen molar-refractivity contribution in [2.24, 2.45) is 0 Å². The Balaban J connectivity index is 1.48. The number of nitrogens with one attached hydrogen (secondary N) is 1. The number of ether oxygens (including phenoxy) is 2. The highest BCUT2D eigenvalue weighted by Crippen LogP contribution is 2.32. The number of carbonyl (C=O) groups excluding carboxylic acids is 1. The molecule has 0 unspecified atom stereocenters. The van der Waals surface area contributed by atoms with Crippen molar-refractivity contribution in [3.8, 4) is 11.5 Å². The Morgan fingerprint density at radius 2 is 1.95 bits per heavy atom. The molecule has 0 fully saturated rings. The first-order valence-corrected chi connectivity index (χ1v) is 7.41. The van der Waals surface area contributed by atoms with Gasteiger partial charge in [-0.3, -0.25) is 4.79 Å². The zero-order valence-electron chi connectivity index (χ0n) is 12.6. The molecule has 0 radical (unpaired) electrons. The summed E-state index contributed by atoms with van der Waals surface area (Å²) in [5, 5.41) is 2.94. The third kappa shape index (κ3) is 3.58. The molecule has 0 aromatic heterocycles. The van der Waals surface area contributed by atoms with E-state index in [0.717, 1.165) is 23.5 Å². The number of hydrogen-bond donors (Lipinski definition) is 1. The molecule has 1 heterocycles. The molecule has 2 aromatic rings. The van der Waals surface area contributed by atoms with Crippen molar-refractivity contribution in [3.63, 3.8) is 0 Å². The first kappa shape index (κ1) is 14.4. The number of benzene rings is 2. The molecule has 0 aliphatic carbocycles. The van der Waals surface area contributed by atoms with E-state index in [1.807, 2.05) is 24.3 Å². The van der Waals surface area contributed by atoms with Crippen molar-refractivity contribution in [3.05, 3.63) is 59.2 Å². The predicted molar refractivity (Wildman–Crippen MR) is 83.9 cm³/mol. The van der Waals surface area contributed by atoms with Gasteiger partial charge in [0.1, 0.15) is 0 Å². The Labute approximate surface area is 130 Å². The minimum Gasteiger partial charge on any atom is -0.454 e. The SMILES string of the molecule is Cc1cccc(CCC(=O)NCc2ccc3c(c2)OCO3)c1. The highest BCUT2D eigenvalue weighted by Gasteiger charge is 2.13. The Morgan fingerprint density at radius 1 is 1.09 bits per heavy atom. The predicted octanol–water partition coefficient (Wildman–Crippen LogP) is 2.97. The van der Waals surface area contributed by atoms with Crippen LogP contribution >= 0.6 is 0 Å². The van der Waals surface area contributed by atoms with Crippen LogP contribution in [0.2, 0.25) is 0 Å². The van der Waals surface area contributed by atoms with Gasteiger partial charge in [-0.1, -0.05) is 35.9 Å². The molecule has 3 rings (SSSR count).